The Labute approximate surface area is 157 Å². The lowest BCUT2D eigenvalue weighted by molar-refractivity contribution is 0.0991. The van der Waals surface area contributed by atoms with Gasteiger partial charge in [0.05, 0.1) is 5.69 Å². The largest absolute Gasteiger partial charge is 0.438 e. The van der Waals surface area contributed by atoms with Crippen LogP contribution in [0.1, 0.15) is 29.8 Å². The maximum atomic E-state index is 12.7. The molecule has 1 aromatic carbocycles. The highest BCUT2D eigenvalue weighted by Gasteiger charge is 2.29. The fourth-order valence-electron chi connectivity index (χ4n) is 3.41. The summed E-state index contributed by atoms with van der Waals surface area (Å²) < 4.78 is 34.1. The van der Waals surface area contributed by atoms with E-state index >= 15 is 0 Å². The summed E-state index contributed by atoms with van der Waals surface area (Å²) in [6.07, 6.45) is 4.63. The van der Waals surface area contributed by atoms with Crippen molar-refractivity contribution in [2.45, 2.75) is 24.4 Å². The van der Waals surface area contributed by atoms with E-state index in [2.05, 4.69) is 5.32 Å². The van der Waals surface area contributed by atoms with Crippen LogP contribution in [0.4, 0.5) is 5.69 Å². The molecule has 1 fully saturated rings. The smallest absolute Gasteiger partial charge is 0.291 e. The number of benzene rings is 1. The van der Waals surface area contributed by atoms with E-state index in [1.165, 1.54) is 16.4 Å². The molecular weight excluding hydrogens is 366 g/mol. The molecule has 0 radical (unpaired) electrons. The first kappa shape index (κ1) is 17.8. The number of aryl methyl sites for hydroxylation is 1. The van der Waals surface area contributed by atoms with Crippen LogP contribution in [0.2, 0.25) is 0 Å². The summed E-state index contributed by atoms with van der Waals surface area (Å²) in [6.45, 7) is 0.973. The Hall–Kier alpha value is -2.58. The molecule has 0 saturated carbocycles. The Balaban J connectivity index is 1.56. The summed E-state index contributed by atoms with van der Waals surface area (Å²) in [5.41, 5.74) is 1.63. The average Bonchev–Trinajstić information content (AvgIpc) is 3.31. The van der Waals surface area contributed by atoms with Crippen LogP contribution < -0.4 is 5.32 Å². The van der Waals surface area contributed by atoms with Crippen LogP contribution >= 0.6 is 0 Å². The van der Waals surface area contributed by atoms with Crippen molar-refractivity contribution < 1.29 is 17.6 Å². The molecule has 3 aromatic rings. The minimum Gasteiger partial charge on any atom is -0.438 e. The van der Waals surface area contributed by atoms with E-state index in [4.69, 9.17) is 4.42 Å². The Morgan fingerprint density at radius 1 is 1.07 bits per heavy atom. The van der Waals surface area contributed by atoms with Gasteiger partial charge in [0.25, 0.3) is 15.9 Å². The molecule has 3 heterocycles. The zero-order chi connectivity index (χ0) is 19.0. The molecule has 4 rings (SSSR count). The number of fused-ring (bicyclic) bond motifs is 1. The molecule has 1 aliphatic rings. The number of furan rings is 1. The lowest BCUT2D eigenvalue weighted by atomic mass is 10.2. The summed E-state index contributed by atoms with van der Waals surface area (Å²) in [6, 6.07) is 10.3. The third-order valence-corrected chi connectivity index (χ3v) is 6.66. The molecular formula is C19H21N3O4S. The quantitative estimate of drug-likeness (QED) is 0.745. The first-order valence-corrected chi connectivity index (χ1v) is 10.4. The summed E-state index contributed by atoms with van der Waals surface area (Å²) in [5, 5.41) is 3.52. The number of piperidine rings is 1. The first-order chi connectivity index (χ1) is 13.0. The van der Waals surface area contributed by atoms with Crippen molar-refractivity contribution in [3.05, 3.63) is 48.4 Å². The van der Waals surface area contributed by atoms with Crippen LogP contribution in [0.3, 0.4) is 0 Å². The van der Waals surface area contributed by atoms with Gasteiger partial charge in [-0.2, -0.15) is 4.31 Å². The van der Waals surface area contributed by atoms with Gasteiger partial charge in [0.1, 0.15) is 0 Å². The number of carbonyl (C=O) groups is 1. The van der Waals surface area contributed by atoms with Gasteiger partial charge in [-0.3, -0.25) is 4.79 Å². The van der Waals surface area contributed by atoms with Crippen LogP contribution in [0.25, 0.3) is 10.9 Å². The van der Waals surface area contributed by atoms with Crippen molar-refractivity contribution in [2.24, 2.45) is 7.05 Å². The van der Waals surface area contributed by atoms with Crippen molar-refractivity contribution in [2.75, 3.05) is 18.4 Å². The molecule has 2 aromatic heterocycles. The molecule has 1 N–H and O–H groups in total. The minimum absolute atomic E-state index is 0.0291. The molecule has 1 amide bonds. The predicted molar refractivity (Wildman–Crippen MR) is 102 cm³/mol. The van der Waals surface area contributed by atoms with Gasteiger partial charge in [-0.15, -0.1) is 0 Å². The second-order valence-corrected chi connectivity index (χ2v) is 8.57. The topological polar surface area (TPSA) is 84.5 Å². The van der Waals surface area contributed by atoms with Crippen LogP contribution in [0.5, 0.6) is 0 Å². The number of aromatic nitrogens is 1. The van der Waals surface area contributed by atoms with Crippen LogP contribution in [0.15, 0.2) is 52.1 Å². The molecule has 0 spiro atoms. The molecule has 1 saturated heterocycles. The maximum Gasteiger partial charge on any atom is 0.291 e. The maximum absolute atomic E-state index is 12.7. The highest BCUT2D eigenvalue weighted by atomic mass is 32.2. The van der Waals surface area contributed by atoms with Gasteiger partial charge >= 0.3 is 0 Å². The van der Waals surface area contributed by atoms with Gasteiger partial charge in [0.2, 0.25) is 5.09 Å². The highest BCUT2D eigenvalue weighted by Crippen LogP contribution is 2.26. The standard InChI is InChI=1S/C19H21N3O4S/c1-21-13-10-14-15(6-5-7-16(14)21)20-19(23)17-8-9-18(26-17)27(24,25)22-11-3-2-4-12-22/h5-10,13H,2-4,11-12H2,1H3,(H,20,23). The molecule has 27 heavy (non-hydrogen) atoms. The molecule has 142 valence electrons. The van der Waals surface area contributed by atoms with E-state index in [-0.39, 0.29) is 10.9 Å². The van der Waals surface area contributed by atoms with E-state index in [0.29, 0.717) is 18.8 Å². The van der Waals surface area contributed by atoms with Crippen LogP contribution in [-0.2, 0) is 17.1 Å². The van der Waals surface area contributed by atoms with Crippen molar-refractivity contribution in [3.63, 3.8) is 0 Å². The van der Waals surface area contributed by atoms with Gasteiger partial charge in [0, 0.05) is 37.2 Å². The molecule has 0 bridgehead atoms. The Kier molecular flexibility index (Phi) is 4.53. The summed E-state index contributed by atoms with van der Waals surface area (Å²) in [4.78, 5) is 12.6. The lowest BCUT2D eigenvalue weighted by Crippen LogP contribution is -2.35. The van der Waals surface area contributed by atoms with E-state index < -0.39 is 15.9 Å². The average molecular weight is 387 g/mol. The molecule has 8 heteroatoms. The van der Waals surface area contributed by atoms with Gasteiger partial charge in [-0.1, -0.05) is 12.5 Å². The summed E-state index contributed by atoms with van der Waals surface area (Å²) in [5.74, 6) is -0.509. The number of carbonyl (C=O) groups excluding carboxylic acids is 1. The SMILES string of the molecule is Cn1ccc2c(NC(=O)c3ccc(S(=O)(=O)N4CCCCC4)o3)cccc21. The van der Waals surface area contributed by atoms with Crippen molar-refractivity contribution in [3.8, 4) is 0 Å². The molecule has 0 unspecified atom stereocenters. The number of sulfonamides is 1. The summed E-state index contributed by atoms with van der Waals surface area (Å²) >= 11 is 0. The number of rotatable bonds is 4. The summed E-state index contributed by atoms with van der Waals surface area (Å²) in [7, 11) is -1.77. The monoisotopic (exact) mass is 387 g/mol. The molecule has 0 atom stereocenters. The number of amides is 1. The predicted octanol–water partition coefficient (Wildman–Crippen LogP) is 3.20. The van der Waals surface area contributed by atoms with Gasteiger partial charge in [0.15, 0.2) is 5.76 Å². The van der Waals surface area contributed by atoms with Crippen molar-refractivity contribution in [1.29, 1.82) is 0 Å². The fraction of sp³-hybridized carbons (Fsp3) is 0.316. The highest BCUT2D eigenvalue weighted by molar-refractivity contribution is 7.89. The lowest BCUT2D eigenvalue weighted by Gasteiger charge is -2.24. The van der Waals surface area contributed by atoms with E-state index in [1.54, 1.807) is 6.07 Å². The number of anilines is 1. The fourth-order valence-corrected chi connectivity index (χ4v) is 4.84. The third kappa shape index (κ3) is 3.26. The van der Waals surface area contributed by atoms with Gasteiger partial charge < -0.3 is 14.3 Å². The molecule has 0 aliphatic carbocycles. The van der Waals surface area contributed by atoms with Crippen LogP contribution in [-0.4, -0.2) is 36.3 Å². The first-order valence-electron chi connectivity index (χ1n) is 8.92. The minimum atomic E-state index is -3.70. The second-order valence-electron chi connectivity index (χ2n) is 6.70. The van der Waals surface area contributed by atoms with E-state index in [1.807, 2.05) is 36.0 Å². The number of hydrogen-bond donors (Lipinski definition) is 1. The Morgan fingerprint density at radius 2 is 1.85 bits per heavy atom. The zero-order valence-electron chi connectivity index (χ0n) is 15.0. The Morgan fingerprint density at radius 3 is 2.63 bits per heavy atom. The van der Waals surface area contributed by atoms with Crippen LogP contribution in [0, 0.1) is 0 Å². The normalized spacial score (nSPS) is 15.9. The zero-order valence-corrected chi connectivity index (χ0v) is 15.8. The molecule has 7 nitrogen and oxygen atoms in total. The molecule has 1 aliphatic heterocycles. The number of hydrogen-bond acceptors (Lipinski definition) is 4. The number of nitrogens with one attached hydrogen (secondary N) is 1. The van der Waals surface area contributed by atoms with Gasteiger partial charge in [-0.05, 0) is 43.2 Å². The van der Waals surface area contributed by atoms with E-state index in [9.17, 15) is 13.2 Å². The van der Waals surface area contributed by atoms with E-state index in [0.717, 1.165) is 30.2 Å². The van der Waals surface area contributed by atoms with Gasteiger partial charge in [-0.25, -0.2) is 8.42 Å². The third-order valence-electron chi connectivity index (χ3n) is 4.89. The second kappa shape index (κ2) is 6.86. The van der Waals surface area contributed by atoms with Crippen molar-refractivity contribution in [1.82, 2.24) is 8.87 Å². The number of nitrogens with zero attached hydrogens (tertiary/aromatic N) is 2. The Bertz CT molecular complexity index is 1090. The van der Waals surface area contributed by atoms with Crippen molar-refractivity contribution >= 4 is 32.5 Å².